The van der Waals surface area contributed by atoms with E-state index in [1.165, 1.54) is 22.4 Å². The molecule has 0 saturated carbocycles. The lowest BCUT2D eigenvalue weighted by molar-refractivity contribution is -0.141. The summed E-state index contributed by atoms with van der Waals surface area (Å²) < 4.78 is 40.2. The van der Waals surface area contributed by atoms with Crippen molar-refractivity contribution in [3.8, 4) is 10.6 Å². The second-order valence-corrected chi connectivity index (χ2v) is 7.67. The number of halogens is 3. The molecule has 1 amide bonds. The van der Waals surface area contributed by atoms with Crippen LogP contribution in [0.2, 0.25) is 0 Å². The molecule has 1 atom stereocenters. The lowest BCUT2D eigenvalue weighted by atomic mass is 9.96. The zero-order valence-electron chi connectivity index (χ0n) is 15.0. The van der Waals surface area contributed by atoms with E-state index in [0.717, 1.165) is 6.07 Å². The highest BCUT2D eigenvalue weighted by molar-refractivity contribution is 7.13. The molecule has 0 aromatic carbocycles. The minimum absolute atomic E-state index is 0.0725. The largest absolute Gasteiger partial charge is 0.433 e. The monoisotopic (exact) mass is 423 g/mol. The predicted octanol–water partition coefficient (Wildman–Crippen LogP) is 3.26. The SMILES string of the molecule is O=C(c1c[nH]c(=O)[nH]1)N1CCC[C@@H](c2nc(-c3cccs3)cc(C(F)(F)F)n2)C1. The van der Waals surface area contributed by atoms with Crippen molar-refractivity contribution in [2.24, 2.45) is 0 Å². The third-order valence-corrected chi connectivity index (χ3v) is 5.60. The van der Waals surface area contributed by atoms with Crippen LogP contribution in [-0.4, -0.2) is 43.8 Å². The fraction of sp³-hybridized carbons (Fsp3) is 0.333. The molecule has 0 spiro atoms. The van der Waals surface area contributed by atoms with Gasteiger partial charge in [0.2, 0.25) is 0 Å². The van der Waals surface area contributed by atoms with Crippen molar-refractivity contribution in [3.05, 3.63) is 57.5 Å². The third kappa shape index (κ3) is 4.09. The lowest BCUT2D eigenvalue weighted by Crippen LogP contribution is -2.40. The summed E-state index contributed by atoms with van der Waals surface area (Å²) in [7, 11) is 0. The van der Waals surface area contributed by atoms with Crippen molar-refractivity contribution < 1.29 is 18.0 Å². The van der Waals surface area contributed by atoms with Crippen molar-refractivity contribution in [2.45, 2.75) is 24.9 Å². The van der Waals surface area contributed by atoms with Crippen molar-refractivity contribution >= 4 is 17.2 Å². The molecule has 0 aliphatic carbocycles. The van der Waals surface area contributed by atoms with Crippen LogP contribution in [0.5, 0.6) is 0 Å². The second-order valence-electron chi connectivity index (χ2n) is 6.72. The van der Waals surface area contributed by atoms with Crippen molar-refractivity contribution in [1.29, 1.82) is 0 Å². The molecule has 0 bridgehead atoms. The first-order chi connectivity index (χ1) is 13.8. The van der Waals surface area contributed by atoms with Crippen LogP contribution in [0.4, 0.5) is 13.2 Å². The third-order valence-electron chi connectivity index (χ3n) is 4.71. The van der Waals surface area contributed by atoms with Gasteiger partial charge in [-0.2, -0.15) is 13.2 Å². The number of rotatable bonds is 3. The normalized spacial score (nSPS) is 17.5. The Hall–Kier alpha value is -2.95. The molecule has 3 aromatic rings. The number of carbonyl (C=O) groups is 1. The molecule has 3 aromatic heterocycles. The van der Waals surface area contributed by atoms with Gasteiger partial charge in [-0.1, -0.05) is 6.07 Å². The number of likely N-dealkylation sites (tertiary alicyclic amines) is 1. The van der Waals surface area contributed by atoms with E-state index in [1.807, 2.05) is 0 Å². The summed E-state index contributed by atoms with van der Waals surface area (Å²) in [6, 6.07) is 4.40. The van der Waals surface area contributed by atoms with Gasteiger partial charge in [0.25, 0.3) is 5.91 Å². The Balaban J connectivity index is 1.65. The number of nitrogens with zero attached hydrogens (tertiary/aromatic N) is 3. The van der Waals surface area contributed by atoms with E-state index in [2.05, 4.69) is 19.9 Å². The van der Waals surface area contributed by atoms with Crippen LogP contribution < -0.4 is 5.69 Å². The number of imidazole rings is 1. The minimum atomic E-state index is -4.60. The molecule has 1 aliphatic heterocycles. The van der Waals surface area contributed by atoms with Crippen LogP contribution in [0.3, 0.4) is 0 Å². The van der Waals surface area contributed by atoms with Crippen LogP contribution in [0.25, 0.3) is 10.6 Å². The summed E-state index contributed by atoms with van der Waals surface area (Å²) >= 11 is 1.30. The number of nitrogens with one attached hydrogen (secondary N) is 2. The molecule has 1 aliphatic rings. The molecule has 4 heterocycles. The summed E-state index contributed by atoms with van der Waals surface area (Å²) in [5.74, 6) is -0.749. The number of aromatic amines is 2. The number of alkyl halides is 3. The maximum Gasteiger partial charge on any atom is 0.433 e. The Morgan fingerprint density at radius 2 is 2.14 bits per heavy atom. The van der Waals surface area contributed by atoms with Gasteiger partial charge < -0.3 is 14.9 Å². The summed E-state index contributed by atoms with van der Waals surface area (Å²) in [6.07, 6.45) is -2.15. The quantitative estimate of drug-likeness (QED) is 0.676. The molecular weight excluding hydrogens is 407 g/mol. The van der Waals surface area contributed by atoms with E-state index in [-0.39, 0.29) is 23.8 Å². The summed E-state index contributed by atoms with van der Waals surface area (Å²) in [6.45, 7) is 0.622. The topological polar surface area (TPSA) is 94.7 Å². The molecular formula is C18H16F3N5O2S. The van der Waals surface area contributed by atoms with Gasteiger partial charge in [0, 0.05) is 25.2 Å². The first kappa shape index (κ1) is 19.4. The molecule has 4 rings (SSSR count). The van der Waals surface area contributed by atoms with Crippen molar-refractivity contribution in [1.82, 2.24) is 24.8 Å². The van der Waals surface area contributed by atoms with Gasteiger partial charge in [-0.15, -0.1) is 11.3 Å². The number of hydrogen-bond acceptors (Lipinski definition) is 5. The molecule has 2 N–H and O–H groups in total. The van der Waals surface area contributed by atoms with Crippen molar-refractivity contribution in [3.63, 3.8) is 0 Å². The minimum Gasteiger partial charge on any atom is -0.337 e. The number of aromatic nitrogens is 4. The molecule has 29 heavy (non-hydrogen) atoms. The average molecular weight is 423 g/mol. The highest BCUT2D eigenvalue weighted by Crippen LogP contribution is 2.34. The fourth-order valence-corrected chi connectivity index (χ4v) is 4.02. The van der Waals surface area contributed by atoms with Crippen LogP contribution in [0.1, 0.15) is 40.8 Å². The summed E-state index contributed by atoms with van der Waals surface area (Å²) in [4.78, 5) is 38.9. The zero-order valence-corrected chi connectivity index (χ0v) is 15.8. The number of hydrogen-bond donors (Lipinski definition) is 2. The van der Waals surface area contributed by atoms with Crippen LogP contribution >= 0.6 is 11.3 Å². The lowest BCUT2D eigenvalue weighted by Gasteiger charge is -2.32. The number of piperidine rings is 1. The molecule has 1 fully saturated rings. The molecule has 11 heteroatoms. The standard InChI is InChI=1S/C18H16F3N5O2S/c19-18(20,21)14-7-11(13-4-2-6-29-13)23-15(25-14)10-3-1-5-26(9-10)16(27)12-8-22-17(28)24-12/h2,4,6-8,10H,1,3,5,9H2,(H2,22,24,28)/t10-/m1/s1. The van der Waals surface area contributed by atoms with Crippen LogP contribution in [0.15, 0.2) is 34.6 Å². The van der Waals surface area contributed by atoms with E-state index in [0.29, 0.717) is 24.3 Å². The summed E-state index contributed by atoms with van der Waals surface area (Å²) in [5.41, 5.74) is -1.16. The smallest absolute Gasteiger partial charge is 0.337 e. The molecule has 1 saturated heterocycles. The fourth-order valence-electron chi connectivity index (χ4n) is 3.33. The van der Waals surface area contributed by atoms with E-state index in [4.69, 9.17) is 0 Å². The zero-order chi connectivity index (χ0) is 20.6. The number of H-pyrrole nitrogens is 2. The first-order valence-corrected chi connectivity index (χ1v) is 9.76. The number of amides is 1. The van der Waals surface area contributed by atoms with E-state index in [1.54, 1.807) is 17.5 Å². The molecule has 7 nitrogen and oxygen atoms in total. The highest BCUT2D eigenvalue weighted by Gasteiger charge is 2.36. The number of carbonyl (C=O) groups excluding carboxylic acids is 1. The Morgan fingerprint density at radius 1 is 1.31 bits per heavy atom. The van der Waals surface area contributed by atoms with Gasteiger partial charge in [0.1, 0.15) is 17.2 Å². The first-order valence-electron chi connectivity index (χ1n) is 8.88. The molecule has 0 unspecified atom stereocenters. The summed E-state index contributed by atoms with van der Waals surface area (Å²) in [5, 5.41) is 1.77. The second kappa shape index (κ2) is 7.47. The molecule has 152 valence electrons. The van der Waals surface area contributed by atoms with Gasteiger partial charge >= 0.3 is 11.9 Å². The maximum absolute atomic E-state index is 13.4. The maximum atomic E-state index is 13.4. The van der Waals surface area contributed by atoms with Crippen molar-refractivity contribution in [2.75, 3.05) is 13.1 Å². The number of thiophene rings is 1. The van der Waals surface area contributed by atoms with Gasteiger partial charge in [-0.25, -0.2) is 14.8 Å². The van der Waals surface area contributed by atoms with Gasteiger partial charge in [-0.3, -0.25) is 4.79 Å². The van der Waals surface area contributed by atoms with Gasteiger partial charge in [0.05, 0.1) is 10.6 Å². The van der Waals surface area contributed by atoms with E-state index >= 15 is 0 Å². The predicted molar refractivity (Wildman–Crippen MR) is 99.6 cm³/mol. The van der Waals surface area contributed by atoms with Crippen LogP contribution in [-0.2, 0) is 6.18 Å². The van der Waals surface area contributed by atoms with E-state index < -0.39 is 29.4 Å². The van der Waals surface area contributed by atoms with Crippen LogP contribution in [0, 0.1) is 0 Å². The van der Waals surface area contributed by atoms with Gasteiger partial charge in [0.15, 0.2) is 0 Å². The Kier molecular flexibility index (Phi) is 4.99. The Bertz CT molecular complexity index is 1070. The average Bonchev–Trinajstić information content (AvgIpc) is 3.38. The van der Waals surface area contributed by atoms with E-state index in [9.17, 15) is 22.8 Å². The molecule has 0 radical (unpaired) electrons. The highest BCUT2D eigenvalue weighted by atomic mass is 32.1. The Morgan fingerprint density at radius 3 is 2.79 bits per heavy atom. The Labute approximate surface area is 166 Å². The van der Waals surface area contributed by atoms with Gasteiger partial charge in [-0.05, 0) is 30.4 Å².